The molecule has 0 bridgehead atoms. The highest BCUT2D eigenvalue weighted by atomic mass is 16.1. The normalized spacial score (nSPS) is 10.6. The highest BCUT2D eigenvalue weighted by molar-refractivity contribution is 5.94. The number of hydrogen-bond donors (Lipinski definition) is 2. The van der Waals surface area contributed by atoms with Crippen LogP contribution in [0, 0.1) is 0 Å². The van der Waals surface area contributed by atoms with Gasteiger partial charge in [-0.05, 0) is 0 Å². The summed E-state index contributed by atoms with van der Waals surface area (Å²) >= 11 is 0. The molecular weight excluding hydrogens is 210 g/mol. The van der Waals surface area contributed by atoms with Crippen LogP contribution in [-0.2, 0) is 0 Å². The molecular formula is C9H9N5O2. The van der Waals surface area contributed by atoms with Crippen molar-refractivity contribution < 1.29 is 4.79 Å². The van der Waals surface area contributed by atoms with E-state index < -0.39 is 5.56 Å². The Morgan fingerprint density at radius 2 is 2.25 bits per heavy atom. The van der Waals surface area contributed by atoms with E-state index in [-0.39, 0.29) is 28.6 Å². The van der Waals surface area contributed by atoms with Gasteiger partial charge in [-0.1, -0.05) is 6.92 Å². The summed E-state index contributed by atoms with van der Waals surface area (Å²) in [6.07, 6.45) is 1.60. The van der Waals surface area contributed by atoms with E-state index >= 15 is 0 Å². The van der Waals surface area contributed by atoms with E-state index in [1.807, 2.05) is 0 Å². The van der Waals surface area contributed by atoms with Gasteiger partial charge in [-0.25, -0.2) is 9.97 Å². The molecule has 0 aliphatic rings. The predicted molar refractivity (Wildman–Crippen MR) is 57.0 cm³/mol. The quantitative estimate of drug-likeness (QED) is 0.681. The second-order valence-electron chi connectivity index (χ2n) is 3.16. The second kappa shape index (κ2) is 3.69. The van der Waals surface area contributed by atoms with Crippen molar-refractivity contribution in [1.82, 2.24) is 19.9 Å². The van der Waals surface area contributed by atoms with E-state index in [4.69, 9.17) is 5.73 Å². The monoisotopic (exact) mass is 219 g/mol. The molecule has 0 radical (unpaired) electrons. The molecule has 2 heterocycles. The lowest BCUT2D eigenvalue weighted by atomic mass is 10.2. The molecule has 0 saturated heterocycles. The van der Waals surface area contributed by atoms with Crippen LogP contribution >= 0.6 is 0 Å². The highest BCUT2D eigenvalue weighted by Crippen LogP contribution is 2.04. The molecule has 0 saturated carbocycles. The summed E-state index contributed by atoms with van der Waals surface area (Å²) in [5, 5.41) is 0. The number of aromatic amines is 1. The van der Waals surface area contributed by atoms with E-state index in [2.05, 4.69) is 19.9 Å². The number of nitrogen functional groups attached to an aromatic ring is 1. The average molecular weight is 219 g/mol. The molecule has 0 aliphatic carbocycles. The van der Waals surface area contributed by atoms with Crippen LogP contribution in [0.25, 0.3) is 11.2 Å². The molecule has 3 N–H and O–H groups in total. The molecule has 16 heavy (non-hydrogen) atoms. The molecule has 7 nitrogen and oxygen atoms in total. The Morgan fingerprint density at radius 3 is 2.94 bits per heavy atom. The van der Waals surface area contributed by atoms with E-state index in [9.17, 15) is 9.59 Å². The van der Waals surface area contributed by atoms with Gasteiger partial charge in [-0.3, -0.25) is 14.6 Å². The minimum absolute atomic E-state index is 0.0218. The first-order chi connectivity index (χ1) is 7.61. The molecule has 0 atom stereocenters. The molecule has 2 aromatic rings. The minimum atomic E-state index is -0.499. The van der Waals surface area contributed by atoms with Gasteiger partial charge in [0.2, 0.25) is 5.95 Å². The maximum absolute atomic E-state index is 11.5. The number of rotatable bonds is 2. The first-order valence-corrected chi connectivity index (χ1v) is 4.67. The Bertz CT molecular complexity index is 619. The topological polar surface area (TPSA) is 115 Å². The van der Waals surface area contributed by atoms with Gasteiger partial charge in [0.15, 0.2) is 16.9 Å². The zero-order valence-corrected chi connectivity index (χ0v) is 8.52. The van der Waals surface area contributed by atoms with Gasteiger partial charge in [-0.2, -0.15) is 4.98 Å². The first-order valence-electron chi connectivity index (χ1n) is 4.67. The summed E-state index contributed by atoms with van der Waals surface area (Å²) in [6, 6.07) is 0. The van der Waals surface area contributed by atoms with Crippen molar-refractivity contribution >= 4 is 22.9 Å². The lowest BCUT2D eigenvalue weighted by molar-refractivity contribution is 0.0983. The summed E-state index contributed by atoms with van der Waals surface area (Å²) in [4.78, 5) is 36.7. The van der Waals surface area contributed by atoms with E-state index in [0.717, 1.165) is 0 Å². The number of carbonyl (C=O) groups excluding carboxylic acids is 1. The van der Waals surface area contributed by atoms with E-state index in [1.165, 1.54) is 6.20 Å². The third-order valence-electron chi connectivity index (χ3n) is 2.04. The molecule has 0 aromatic carbocycles. The van der Waals surface area contributed by atoms with Crippen molar-refractivity contribution in [3.63, 3.8) is 0 Å². The van der Waals surface area contributed by atoms with Gasteiger partial charge in [0.1, 0.15) is 5.69 Å². The maximum Gasteiger partial charge on any atom is 0.280 e. The molecule has 2 rings (SSSR count). The zero-order chi connectivity index (χ0) is 11.7. The smallest absolute Gasteiger partial charge is 0.280 e. The molecule has 0 amide bonds. The number of ketones is 1. The lowest BCUT2D eigenvalue weighted by Crippen LogP contribution is -2.15. The standard InChI is InChI=1S/C9H9N5O2/c1-2-5(15)4-3-11-7-6(12-4)8(16)14-9(10)13-7/h3H,2H2,1H3,(H3,10,11,13,14,16). The van der Waals surface area contributed by atoms with Gasteiger partial charge >= 0.3 is 0 Å². The fourth-order valence-electron chi connectivity index (χ4n) is 1.25. The Hall–Kier alpha value is -2.31. The van der Waals surface area contributed by atoms with Crippen LogP contribution in [0.3, 0.4) is 0 Å². The molecule has 2 aromatic heterocycles. The highest BCUT2D eigenvalue weighted by Gasteiger charge is 2.10. The second-order valence-corrected chi connectivity index (χ2v) is 3.16. The number of nitrogens with one attached hydrogen (secondary N) is 1. The summed E-state index contributed by atoms with van der Waals surface area (Å²) in [7, 11) is 0. The number of aromatic nitrogens is 4. The Labute approximate surface area is 89.7 Å². The van der Waals surface area contributed by atoms with Crippen molar-refractivity contribution in [3.8, 4) is 0 Å². The molecule has 0 aliphatic heterocycles. The minimum Gasteiger partial charge on any atom is -0.369 e. The Kier molecular flexibility index (Phi) is 2.35. The number of nitrogens with two attached hydrogens (primary N) is 1. The number of H-pyrrole nitrogens is 1. The zero-order valence-electron chi connectivity index (χ0n) is 8.52. The van der Waals surface area contributed by atoms with Crippen LogP contribution in [0.5, 0.6) is 0 Å². The number of carbonyl (C=O) groups is 1. The number of Topliss-reactive ketones (excluding diaryl/α,β-unsaturated/α-hetero) is 1. The van der Waals surface area contributed by atoms with Gasteiger partial charge in [0.25, 0.3) is 5.56 Å². The van der Waals surface area contributed by atoms with Crippen molar-refractivity contribution in [2.75, 3.05) is 5.73 Å². The molecule has 0 fully saturated rings. The fourth-order valence-corrected chi connectivity index (χ4v) is 1.25. The predicted octanol–water partition coefficient (Wildman–Crippen LogP) is -0.112. The van der Waals surface area contributed by atoms with Crippen LogP contribution < -0.4 is 11.3 Å². The number of nitrogens with zero attached hydrogens (tertiary/aromatic N) is 3. The third kappa shape index (κ3) is 1.62. The third-order valence-corrected chi connectivity index (χ3v) is 2.04. The number of anilines is 1. The van der Waals surface area contributed by atoms with Crippen LogP contribution in [0.1, 0.15) is 23.8 Å². The van der Waals surface area contributed by atoms with Gasteiger partial charge in [0, 0.05) is 6.42 Å². The number of fused-ring (bicyclic) bond motifs is 1. The van der Waals surface area contributed by atoms with Crippen LogP contribution in [-0.4, -0.2) is 25.7 Å². The lowest BCUT2D eigenvalue weighted by Gasteiger charge is -1.99. The van der Waals surface area contributed by atoms with Gasteiger partial charge in [0.05, 0.1) is 6.20 Å². The van der Waals surface area contributed by atoms with Crippen LogP contribution in [0.4, 0.5) is 5.95 Å². The summed E-state index contributed by atoms with van der Waals surface area (Å²) in [6.45, 7) is 1.71. The van der Waals surface area contributed by atoms with Crippen molar-refractivity contribution in [2.24, 2.45) is 0 Å². The molecule has 82 valence electrons. The van der Waals surface area contributed by atoms with Crippen molar-refractivity contribution in [2.45, 2.75) is 13.3 Å². The van der Waals surface area contributed by atoms with Crippen LogP contribution in [0.2, 0.25) is 0 Å². The Morgan fingerprint density at radius 1 is 1.50 bits per heavy atom. The largest absolute Gasteiger partial charge is 0.369 e. The summed E-state index contributed by atoms with van der Waals surface area (Å²) < 4.78 is 0. The van der Waals surface area contributed by atoms with Gasteiger partial charge in [-0.15, -0.1) is 0 Å². The summed E-state index contributed by atoms with van der Waals surface area (Å²) in [5.74, 6) is -0.202. The fraction of sp³-hybridized carbons (Fsp3) is 0.222. The Balaban J connectivity index is 2.71. The van der Waals surface area contributed by atoms with E-state index in [1.54, 1.807) is 6.92 Å². The average Bonchev–Trinajstić information content (AvgIpc) is 2.27. The molecule has 7 heteroatoms. The number of hydrogen-bond acceptors (Lipinski definition) is 6. The first kappa shape index (κ1) is 10.2. The van der Waals surface area contributed by atoms with Crippen molar-refractivity contribution in [1.29, 1.82) is 0 Å². The van der Waals surface area contributed by atoms with Gasteiger partial charge < -0.3 is 5.73 Å². The van der Waals surface area contributed by atoms with Crippen LogP contribution in [0.15, 0.2) is 11.0 Å². The summed E-state index contributed by atoms with van der Waals surface area (Å²) in [5.41, 5.74) is 5.16. The van der Waals surface area contributed by atoms with E-state index in [0.29, 0.717) is 6.42 Å². The molecule has 0 unspecified atom stereocenters. The molecule has 0 spiro atoms. The SMILES string of the molecule is CCC(=O)c1cnc2nc(N)[nH]c(=O)c2n1. The van der Waals surface area contributed by atoms with Crippen molar-refractivity contribution in [3.05, 3.63) is 22.2 Å². The maximum atomic E-state index is 11.5.